The highest BCUT2D eigenvalue weighted by molar-refractivity contribution is 9.10. The summed E-state index contributed by atoms with van der Waals surface area (Å²) in [5.74, 6) is 6.20. The van der Waals surface area contributed by atoms with Crippen molar-refractivity contribution in [2.24, 2.45) is 5.84 Å². The fourth-order valence-corrected chi connectivity index (χ4v) is 2.22. The summed E-state index contributed by atoms with van der Waals surface area (Å²) in [6.45, 7) is 4.37. The number of hydrogen-bond acceptors (Lipinski definition) is 3. The van der Waals surface area contributed by atoms with Gasteiger partial charge in [-0.15, -0.1) is 0 Å². The fraction of sp³-hybridized carbons (Fsp3) is 0.267. The Labute approximate surface area is 122 Å². The molecule has 1 aromatic carbocycles. The van der Waals surface area contributed by atoms with Gasteiger partial charge in [-0.25, -0.2) is 5.43 Å². The van der Waals surface area contributed by atoms with Crippen LogP contribution in [0.3, 0.4) is 0 Å². The van der Waals surface area contributed by atoms with Crippen LogP contribution in [0.1, 0.15) is 42.6 Å². The minimum atomic E-state index is -0.0886. The number of pyridine rings is 1. The lowest BCUT2D eigenvalue weighted by Gasteiger charge is -2.17. The quantitative estimate of drug-likeness (QED) is 0.669. The van der Waals surface area contributed by atoms with E-state index >= 15 is 0 Å². The Morgan fingerprint density at radius 2 is 1.68 bits per heavy atom. The summed E-state index contributed by atoms with van der Waals surface area (Å²) in [6, 6.07) is 12.3. The standard InChI is InChI=1S/C15H18BrN3/c1-10(2)11-3-5-12(6-4-11)15(19-17)14-8-7-13(16)9-18-14/h3-10,15,19H,17H2,1-2H3. The number of rotatable bonds is 4. The lowest BCUT2D eigenvalue weighted by atomic mass is 9.98. The van der Waals surface area contributed by atoms with E-state index in [2.05, 4.69) is 64.5 Å². The molecular formula is C15H18BrN3. The number of halogens is 1. The van der Waals surface area contributed by atoms with Crippen LogP contribution in [0.5, 0.6) is 0 Å². The first-order valence-electron chi connectivity index (χ1n) is 6.29. The van der Waals surface area contributed by atoms with Crippen LogP contribution < -0.4 is 11.3 Å². The third kappa shape index (κ3) is 3.41. The maximum absolute atomic E-state index is 5.67. The highest BCUT2D eigenvalue weighted by Gasteiger charge is 2.13. The molecule has 2 aromatic rings. The Morgan fingerprint density at radius 1 is 1.05 bits per heavy atom. The van der Waals surface area contributed by atoms with Gasteiger partial charge >= 0.3 is 0 Å². The molecule has 1 heterocycles. The topological polar surface area (TPSA) is 50.9 Å². The summed E-state index contributed by atoms with van der Waals surface area (Å²) >= 11 is 3.38. The van der Waals surface area contributed by atoms with Gasteiger partial charge in [-0.05, 0) is 45.1 Å². The lowest BCUT2D eigenvalue weighted by Crippen LogP contribution is -2.29. The van der Waals surface area contributed by atoms with E-state index in [0.717, 1.165) is 15.7 Å². The minimum Gasteiger partial charge on any atom is -0.271 e. The van der Waals surface area contributed by atoms with Gasteiger partial charge in [0.25, 0.3) is 0 Å². The predicted molar refractivity (Wildman–Crippen MR) is 81.6 cm³/mol. The van der Waals surface area contributed by atoms with Crippen molar-refractivity contribution in [2.45, 2.75) is 25.8 Å². The van der Waals surface area contributed by atoms with Crippen molar-refractivity contribution in [2.75, 3.05) is 0 Å². The zero-order chi connectivity index (χ0) is 13.8. The molecule has 0 bridgehead atoms. The van der Waals surface area contributed by atoms with Gasteiger partial charge in [0.2, 0.25) is 0 Å². The highest BCUT2D eigenvalue weighted by atomic mass is 79.9. The Kier molecular flexibility index (Phi) is 4.69. The molecule has 3 N–H and O–H groups in total. The predicted octanol–water partition coefficient (Wildman–Crippen LogP) is 3.52. The van der Waals surface area contributed by atoms with E-state index in [1.54, 1.807) is 6.20 Å². The third-order valence-electron chi connectivity index (χ3n) is 3.15. The van der Waals surface area contributed by atoms with Crippen LogP contribution >= 0.6 is 15.9 Å². The van der Waals surface area contributed by atoms with E-state index in [-0.39, 0.29) is 6.04 Å². The summed E-state index contributed by atoms with van der Waals surface area (Å²) in [5.41, 5.74) is 6.17. The van der Waals surface area contributed by atoms with Crippen molar-refractivity contribution in [1.82, 2.24) is 10.4 Å². The van der Waals surface area contributed by atoms with Gasteiger partial charge in [-0.2, -0.15) is 0 Å². The number of hydrogen-bond donors (Lipinski definition) is 2. The molecule has 0 aliphatic rings. The van der Waals surface area contributed by atoms with Gasteiger partial charge in [0.15, 0.2) is 0 Å². The van der Waals surface area contributed by atoms with Crippen molar-refractivity contribution < 1.29 is 0 Å². The number of benzene rings is 1. The second-order valence-corrected chi connectivity index (χ2v) is 5.74. The van der Waals surface area contributed by atoms with Crippen LogP contribution in [0.15, 0.2) is 47.1 Å². The van der Waals surface area contributed by atoms with E-state index in [1.807, 2.05) is 12.1 Å². The molecule has 1 unspecified atom stereocenters. The second kappa shape index (κ2) is 6.28. The van der Waals surface area contributed by atoms with Crippen molar-refractivity contribution in [1.29, 1.82) is 0 Å². The van der Waals surface area contributed by atoms with Crippen molar-refractivity contribution >= 4 is 15.9 Å². The summed E-state index contributed by atoms with van der Waals surface area (Å²) in [5, 5.41) is 0. The molecule has 1 atom stereocenters. The van der Waals surface area contributed by atoms with Crippen LogP contribution in [-0.2, 0) is 0 Å². The molecule has 4 heteroatoms. The van der Waals surface area contributed by atoms with Crippen LogP contribution in [0.25, 0.3) is 0 Å². The molecule has 0 fully saturated rings. The molecule has 3 nitrogen and oxygen atoms in total. The molecule has 0 radical (unpaired) electrons. The summed E-state index contributed by atoms with van der Waals surface area (Å²) in [6.07, 6.45) is 1.78. The Hall–Kier alpha value is -1.23. The molecule has 2 rings (SSSR count). The van der Waals surface area contributed by atoms with Gasteiger partial charge < -0.3 is 0 Å². The van der Waals surface area contributed by atoms with Crippen LogP contribution in [0, 0.1) is 0 Å². The van der Waals surface area contributed by atoms with Gasteiger partial charge in [-0.1, -0.05) is 38.1 Å². The first-order valence-corrected chi connectivity index (χ1v) is 7.08. The molecule has 0 aliphatic carbocycles. The van der Waals surface area contributed by atoms with Gasteiger partial charge in [0.1, 0.15) is 0 Å². The van der Waals surface area contributed by atoms with Crippen molar-refractivity contribution in [3.8, 4) is 0 Å². The number of hydrazine groups is 1. The maximum Gasteiger partial charge on any atom is 0.0881 e. The molecule has 0 saturated heterocycles. The number of aromatic nitrogens is 1. The largest absolute Gasteiger partial charge is 0.271 e. The molecular weight excluding hydrogens is 302 g/mol. The van der Waals surface area contributed by atoms with E-state index in [9.17, 15) is 0 Å². The van der Waals surface area contributed by atoms with Crippen LogP contribution in [0.4, 0.5) is 0 Å². The van der Waals surface area contributed by atoms with Gasteiger partial charge in [-0.3, -0.25) is 10.8 Å². The lowest BCUT2D eigenvalue weighted by molar-refractivity contribution is 0.620. The zero-order valence-electron chi connectivity index (χ0n) is 11.1. The Morgan fingerprint density at radius 3 is 2.16 bits per heavy atom. The van der Waals surface area contributed by atoms with E-state index in [1.165, 1.54) is 5.56 Å². The smallest absolute Gasteiger partial charge is 0.0881 e. The average molecular weight is 320 g/mol. The molecule has 19 heavy (non-hydrogen) atoms. The highest BCUT2D eigenvalue weighted by Crippen LogP contribution is 2.23. The Bertz CT molecular complexity index is 520. The zero-order valence-corrected chi connectivity index (χ0v) is 12.7. The monoisotopic (exact) mass is 319 g/mol. The van der Waals surface area contributed by atoms with Crippen molar-refractivity contribution in [3.05, 3.63) is 63.9 Å². The first-order chi connectivity index (χ1) is 9.11. The number of nitrogens with one attached hydrogen (secondary N) is 1. The average Bonchev–Trinajstić information content (AvgIpc) is 2.42. The van der Waals surface area contributed by atoms with E-state index < -0.39 is 0 Å². The maximum atomic E-state index is 5.67. The summed E-state index contributed by atoms with van der Waals surface area (Å²) < 4.78 is 0.960. The second-order valence-electron chi connectivity index (χ2n) is 4.82. The Balaban J connectivity index is 2.28. The SMILES string of the molecule is CC(C)c1ccc(C(NN)c2ccc(Br)cn2)cc1. The number of nitrogens with zero attached hydrogens (tertiary/aromatic N) is 1. The van der Waals surface area contributed by atoms with Crippen LogP contribution in [-0.4, -0.2) is 4.98 Å². The summed E-state index contributed by atoms with van der Waals surface area (Å²) in [7, 11) is 0. The van der Waals surface area contributed by atoms with E-state index in [4.69, 9.17) is 5.84 Å². The van der Waals surface area contributed by atoms with Gasteiger partial charge in [0.05, 0.1) is 11.7 Å². The van der Waals surface area contributed by atoms with Gasteiger partial charge in [0, 0.05) is 10.7 Å². The van der Waals surface area contributed by atoms with E-state index in [0.29, 0.717) is 5.92 Å². The first kappa shape index (κ1) is 14.2. The molecule has 0 amide bonds. The molecule has 0 saturated carbocycles. The van der Waals surface area contributed by atoms with Crippen LogP contribution in [0.2, 0.25) is 0 Å². The normalized spacial score (nSPS) is 12.7. The minimum absolute atomic E-state index is 0.0886. The third-order valence-corrected chi connectivity index (χ3v) is 3.62. The molecule has 1 aromatic heterocycles. The van der Waals surface area contributed by atoms with Crippen molar-refractivity contribution in [3.63, 3.8) is 0 Å². The molecule has 0 aliphatic heterocycles. The summed E-state index contributed by atoms with van der Waals surface area (Å²) in [4.78, 5) is 4.39. The molecule has 100 valence electrons. The fourth-order valence-electron chi connectivity index (χ4n) is 1.98. The molecule has 0 spiro atoms. The number of nitrogens with two attached hydrogens (primary N) is 1.